The van der Waals surface area contributed by atoms with Gasteiger partial charge in [-0.25, -0.2) is 4.98 Å². The van der Waals surface area contributed by atoms with E-state index >= 15 is 0 Å². The van der Waals surface area contributed by atoms with Crippen LogP contribution in [0.25, 0.3) is 21.3 Å². The molecule has 0 bridgehead atoms. The van der Waals surface area contributed by atoms with Gasteiger partial charge in [0, 0.05) is 15.8 Å². The van der Waals surface area contributed by atoms with Crippen molar-refractivity contribution in [3.63, 3.8) is 0 Å². The fraction of sp³-hybridized carbons (Fsp3) is 0.158. The second-order valence-electron chi connectivity index (χ2n) is 5.66. The minimum atomic E-state index is -0.0329. The number of ether oxygens (including phenoxy) is 2. The number of methoxy groups -OCH3 is 2. The number of thiophene rings is 2. The van der Waals surface area contributed by atoms with Gasteiger partial charge in [-0.15, -0.1) is 22.7 Å². The molecule has 0 aliphatic rings. The summed E-state index contributed by atoms with van der Waals surface area (Å²) >= 11 is 3.10. The van der Waals surface area contributed by atoms with E-state index in [1.54, 1.807) is 36.5 Å². The molecule has 5 nitrogen and oxygen atoms in total. The molecular formula is C19H16N2O3S2. The molecule has 0 aliphatic heterocycles. The third-order valence-corrected chi connectivity index (χ3v) is 5.91. The number of benzene rings is 1. The third kappa shape index (κ3) is 2.89. The topological polar surface area (TPSA) is 53.4 Å². The van der Waals surface area contributed by atoms with E-state index in [0.717, 1.165) is 20.8 Å². The first kappa shape index (κ1) is 16.8. The number of hydrogen-bond donors (Lipinski definition) is 0. The van der Waals surface area contributed by atoms with Crippen LogP contribution in [0.2, 0.25) is 0 Å². The van der Waals surface area contributed by atoms with Crippen LogP contribution in [0.1, 0.15) is 4.88 Å². The predicted octanol–water partition coefficient (Wildman–Crippen LogP) is 4.25. The van der Waals surface area contributed by atoms with Gasteiger partial charge < -0.3 is 9.47 Å². The zero-order valence-corrected chi connectivity index (χ0v) is 15.9. The summed E-state index contributed by atoms with van der Waals surface area (Å²) in [4.78, 5) is 19.4. The van der Waals surface area contributed by atoms with Gasteiger partial charge in [-0.2, -0.15) is 0 Å². The van der Waals surface area contributed by atoms with E-state index < -0.39 is 0 Å². The van der Waals surface area contributed by atoms with E-state index in [4.69, 9.17) is 9.47 Å². The SMILES string of the molecule is COc1ccc(-c2csc3ncn(Cc4cccs4)c(=O)c23)cc1OC. The van der Waals surface area contributed by atoms with E-state index in [0.29, 0.717) is 23.4 Å². The molecule has 0 amide bonds. The number of hydrogen-bond acceptors (Lipinski definition) is 6. The van der Waals surface area contributed by atoms with Crippen LogP contribution in [0.5, 0.6) is 11.5 Å². The van der Waals surface area contributed by atoms with Crippen LogP contribution in [0, 0.1) is 0 Å². The maximum absolute atomic E-state index is 13.1. The minimum absolute atomic E-state index is 0.0329. The molecule has 0 saturated carbocycles. The highest BCUT2D eigenvalue weighted by molar-refractivity contribution is 7.17. The Bertz CT molecular complexity index is 1110. The lowest BCUT2D eigenvalue weighted by Crippen LogP contribution is -2.20. The minimum Gasteiger partial charge on any atom is -0.493 e. The monoisotopic (exact) mass is 384 g/mol. The predicted molar refractivity (Wildman–Crippen MR) is 106 cm³/mol. The quantitative estimate of drug-likeness (QED) is 0.516. The molecule has 0 N–H and O–H groups in total. The highest BCUT2D eigenvalue weighted by Crippen LogP contribution is 2.36. The van der Waals surface area contributed by atoms with Crippen molar-refractivity contribution in [1.29, 1.82) is 0 Å². The van der Waals surface area contributed by atoms with Gasteiger partial charge in [-0.3, -0.25) is 9.36 Å². The Morgan fingerprint density at radius 2 is 1.96 bits per heavy atom. The van der Waals surface area contributed by atoms with Gasteiger partial charge in [0.2, 0.25) is 0 Å². The van der Waals surface area contributed by atoms with Crippen molar-refractivity contribution in [3.8, 4) is 22.6 Å². The zero-order chi connectivity index (χ0) is 18.1. The molecule has 4 aromatic rings. The Morgan fingerprint density at radius 1 is 1.12 bits per heavy atom. The van der Waals surface area contributed by atoms with Crippen LogP contribution in [0.3, 0.4) is 0 Å². The van der Waals surface area contributed by atoms with E-state index in [2.05, 4.69) is 4.98 Å². The van der Waals surface area contributed by atoms with Crippen molar-refractivity contribution < 1.29 is 9.47 Å². The van der Waals surface area contributed by atoms with Gasteiger partial charge in [-0.05, 0) is 29.1 Å². The van der Waals surface area contributed by atoms with Gasteiger partial charge in [0.25, 0.3) is 5.56 Å². The first-order valence-electron chi connectivity index (χ1n) is 7.92. The molecule has 0 radical (unpaired) electrons. The second kappa shape index (κ2) is 6.93. The molecule has 3 aromatic heterocycles. The van der Waals surface area contributed by atoms with E-state index in [-0.39, 0.29) is 5.56 Å². The molecule has 7 heteroatoms. The lowest BCUT2D eigenvalue weighted by molar-refractivity contribution is 0.355. The van der Waals surface area contributed by atoms with E-state index in [9.17, 15) is 4.79 Å². The number of nitrogens with zero attached hydrogens (tertiary/aromatic N) is 2. The zero-order valence-electron chi connectivity index (χ0n) is 14.3. The van der Waals surface area contributed by atoms with Crippen LogP contribution in [-0.2, 0) is 6.54 Å². The summed E-state index contributed by atoms with van der Waals surface area (Å²) in [5.41, 5.74) is 1.74. The van der Waals surface area contributed by atoms with Crippen molar-refractivity contribution in [1.82, 2.24) is 9.55 Å². The number of rotatable bonds is 5. The maximum atomic E-state index is 13.1. The molecule has 0 spiro atoms. The van der Waals surface area contributed by atoms with Crippen molar-refractivity contribution in [3.05, 3.63) is 62.7 Å². The van der Waals surface area contributed by atoms with Crippen LogP contribution >= 0.6 is 22.7 Å². The molecule has 0 aliphatic carbocycles. The summed E-state index contributed by atoms with van der Waals surface area (Å²) in [6, 6.07) is 9.66. The summed E-state index contributed by atoms with van der Waals surface area (Å²) < 4.78 is 12.3. The summed E-state index contributed by atoms with van der Waals surface area (Å²) in [6.45, 7) is 0.528. The molecule has 0 unspecified atom stereocenters. The molecule has 0 fully saturated rings. The number of aromatic nitrogens is 2. The normalized spacial score (nSPS) is 11.0. The lowest BCUT2D eigenvalue weighted by atomic mass is 10.1. The van der Waals surface area contributed by atoms with E-state index in [1.165, 1.54) is 11.3 Å². The Balaban J connectivity index is 1.85. The smallest absolute Gasteiger partial charge is 0.263 e. The van der Waals surface area contributed by atoms with Gasteiger partial charge >= 0.3 is 0 Å². The highest BCUT2D eigenvalue weighted by atomic mass is 32.1. The molecule has 4 rings (SSSR count). The first-order chi connectivity index (χ1) is 12.7. The van der Waals surface area contributed by atoms with Crippen LogP contribution in [0.4, 0.5) is 0 Å². The molecule has 0 atom stereocenters. The number of fused-ring (bicyclic) bond motifs is 1. The molecule has 3 heterocycles. The van der Waals surface area contributed by atoms with Crippen molar-refractivity contribution >= 4 is 32.9 Å². The molecule has 26 heavy (non-hydrogen) atoms. The van der Waals surface area contributed by atoms with Crippen LogP contribution < -0.4 is 15.0 Å². The van der Waals surface area contributed by atoms with Crippen molar-refractivity contribution in [2.24, 2.45) is 0 Å². The largest absolute Gasteiger partial charge is 0.493 e. The lowest BCUT2D eigenvalue weighted by Gasteiger charge is -2.09. The maximum Gasteiger partial charge on any atom is 0.263 e. The molecule has 132 valence electrons. The summed E-state index contributed by atoms with van der Waals surface area (Å²) in [5.74, 6) is 1.29. The Labute approximate surface area is 158 Å². The van der Waals surface area contributed by atoms with Crippen LogP contribution in [-0.4, -0.2) is 23.8 Å². The van der Waals surface area contributed by atoms with Gasteiger partial charge in [-0.1, -0.05) is 12.1 Å². The highest BCUT2D eigenvalue weighted by Gasteiger charge is 2.15. The van der Waals surface area contributed by atoms with E-state index in [1.807, 2.05) is 41.1 Å². The first-order valence-corrected chi connectivity index (χ1v) is 9.68. The van der Waals surface area contributed by atoms with Crippen molar-refractivity contribution in [2.45, 2.75) is 6.54 Å². The summed E-state index contributed by atoms with van der Waals surface area (Å²) in [7, 11) is 3.20. The Morgan fingerprint density at radius 3 is 2.69 bits per heavy atom. The average Bonchev–Trinajstić information content (AvgIpc) is 3.33. The van der Waals surface area contributed by atoms with Gasteiger partial charge in [0.15, 0.2) is 11.5 Å². The Hall–Kier alpha value is -2.64. The standard InChI is InChI=1S/C19H16N2O3S2/c1-23-15-6-5-12(8-16(15)24-2)14-10-26-18-17(14)19(22)21(11-20-18)9-13-4-3-7-25-13/h3-8,10-11H,9H2,1-2H3. The molecule has 0 saturated heterocycles. The second-order valence-corrected chi connectivity index (χ2v) is 7.55. The summed E-state index contributed by atoms with van der Waals surface area (Å²) in [6.07, 6.45) is 1.62. The van der Waals surface area contributed by atoms with Gasteiger partial charge in [0.05, 0.1) is 32.5 Å². The van der Waals surface area contributed by atoms with Gasteiger partial charge in [0.1, 0.15) is 4.83 Å². The fourth-order valence-electron chi connectivity index (χ4n) is 2.87. The molecular weight excluding hydrogens is 368 g/mol. The Kier molecular flexibility index (Phi) is 4.48. The fourth-order valence-corrected chi connectivity index (χ4v) is 4.48. The van der Waals surface area contributed by atoms with Crippen molar-refractivity contribution in [2.75, 3.05) is 14.2 Å². The molecule has 1 aromatic carbocycles. The average molecular weight is 384 g/mol. The third-order valence-electron chi connectivity index (χ3n) is 4.16. The summed E-state index contributed by atoms with van der Waals surface area (Å²) in [5, 5.41) is 4.61. The van der Waals surface area contributed by atoms with Crippen LogP contribution in [0.15, 0.2) is 52.2 Å².